The number of hydrogen-bond acceptors (Lipinski definition) is 4. The summed E-state index contributed by atoms with van der Waals surface area (Å²) in [6.45, 7) is 6.25. The Hall–Kier alpha value is -1.42. The molecule has 2 aromatic heterocycles. The first-order chi connectivity index (χ1) is 7.66. The Morgan fingerprint density at radius 3 is 2.50 bits per heavy atom. The maximum Gasteiger partial charge on any atom is 0.0900 e. The summed E-state index contributed by atoms with van der Waals surface area (Å²) in [4.78, 5) is 9.74. The number of rotatable bonds is 3. The molecule has 3 nitrogen and oxygen atoms in total. The van der Waals surface area contributed by atoms with Gasteiger partial charge in [0.25, 0.3) is 0 Å². The van der Waals surface area contributed by atoms with Crippen molar-refractivity contribution in [2.45, 2.75) is 26.8 Å². The van der Waals surface area contributed by atoms with E-state index in [1.165, 1.54) is 4.88 Å². The normalized spacial score (nSPS) is 12.4. The van der Waals surface area contributed by atoms with E-state index in [-0.39, 0.29) is 6.04 Å². The van der Waals surface area contributed by atoms with E-state index in [9.17, 15) is 0 Å². The average Bonchev–Trinajstić information content (AvgIpc) is 2.59. The molecule has 0 radical (unpaired) electrons. The van der Waals surface area contributed by atoms with Crippen molar-refractivity contribution >= 4 is 17.0 Å². The Morgan fingerprint density at radius 1 is 1.25 bits per heavy atom. The Bertz CT molecular complexity index is 464. The van der Waals surface area contributed by atoms with Gasteiger partial charge in [-0.2, -0.15) is 0 Å². The van der Waals surface area contributed by atoms with Gasteiger partial charge in [-0.1, -0.05) is 0 Å². The summed E-state index contributed by atoms with van der Waals surface area (Å²) in [7, 11) is 0. The predicted octanol–water partition coefficient (Wildman–Crippen LogP) is 3.33. The molecule has 0 saturated heterocycles. The Labute approximate surface area is 99.6 Å². The van der Waals surface area contributed by atoms with E-state index < -0.39 is 0 Å². The van der Waals surface area contributed by atoms with Gasteiger partial charge >= 0.3 is 0 Å². The minimum atomic E-state index is 0.286. The van der Waals surface area contributed by atoms with Gasteiger partial charge in [-0.3, -0.25) is 4.98 Å². The van der Waals surface area contributed by atoms with Gasteiger partial charge in [0.2, 0.25) is 0 Å². The molecule has 1 atom stereocenters. The Balaban J connectivity index is 2.14. The largest absolute Gasteiger partial charge is 0.378 e. The zero-order valence-electron chi connectivity index (χ0n) is 9.69. The van der Waals surface area contributed by atoms with Gasteiger partial charge in [0.05, 0.1) is 16.7 Å². The second kappa shape index (κ2) is 4.61. The van der Waals surface area contributed by atoms with E-state index in [2.05, 4.69) is 29.1 Å². The standard InChI is InChI=1S/C12H15N3S/c1-8-12(16-10(3)14-8)9(2)15-11-4-6-13-7-5-11/h4-7,9H,1-3H3,(H,13,15). The molecule has 0 aliphatic heterocycles. The maximum absolute atomic E-state index is 4.44. The highest BCUT2D eigenvalue weighted by molar-refractivity contribution is 7.11. The SMILES string of the molecule is Cc1nc(C)c(C(C)Nc2ccncc2)s1. The van der Waals surface area contributed by atoms with Gasteiger partial charge in [-0.05, 0) is 32.9 Å². The fraction of sp³-hybridized carbons (Fsp3) is 0.333. The first kappa shape index (κ1) is 11.1. The zero-order valence-corrected chi connectivity index (χ0v) is 10.5. The fourth-order valence-corrected chi connectivity index (χ4v) is 2.64. The molecule has 2 rings (SSSR count). The highest BCUT2D eigenvalue weighted by Crippen LogP contribution is 2.27. The van der Waals surface area contributed by atoms with Crippen LogP contribution in [0.15, 0.2) is 24.5 Å². The number of aromatic nitrogens is 2. The summed E-state index contributed by atoms with van der Waals surface area (Å²) in [5.74, 6) is 0. The van der Waals surface area contributed by atoms with E-state index in [0.717, 1.165) is 16.4 Å². The number of hydrogen-bond donors (Lipinski definition) is 1. The van der Waals surface area contributed by atoms with E-state index in [0.29, 0.717) is 0 Å². The molecule has 2 aromatic rings. The van der Waals surface area contributed by atoms with Crippen LogP contribution in [0, 0.1) is 13.8 Å². The zero-order chi connectivity index (χ0) is 11.5. The molecule has 0 saturated carbocycles. The third-order valence-corrected chi connectivity index (χ3v) is 3.65. The molecule has 0 fully saturated rings. The highest BCUT2D eigenvalue weighted by Gasteiger charge is 2.12. The Morgan fingerprint density at radius 2 is 1.94 bits per heavy atom. The number of nitrogens with one attached hydrogen (secondary N) is 1. The number of pyridine rings is 1. The van der Waals surface area contributed by atoms with E-state index in [4.69, 9.17) is 0 Å². The molecule has 1 unspecified atom stereocenters. The topological polar surface area (TPSA) is 37.8 Å². The molecule has 0 amide bonds. The molecule has 0 bridgehead atoms. The van der Waals surface area contributed by atoms with Crippen molar-refractivity contribution in [1.82, 2.24) is 9.97 Å². The second-order valence-corrected chi connectivity index (χ2v) is 5.02. The molecule has 4 heteroatoms. The molecule has 16 heavy (non-hydrogen) atoms. The molecule has 0 aliphatic carbocycles. The second-order valence-electron chi connectivity index (χ2n) is 3.78. The molecule has 84 valence electrons. The van der Waals surface area contributed by atoms with Crippen molar-refractivity contribution < 1.29 is 0 Å². The van der Waals surface area contributed by atoms with E-state index in [1.807, 2.05) is 19.1 Å². The molecular formula is C12H15N3S. The van der Waals surface area contributed by atoms with Crippen molar-refractivity contribution in [3.8, 4) is 0 Å². The van der Waals surface area contributed by atoms with Gasteiger partial charge in [-0.25, -0.2) is 4.98 Å². The maximum atomic E-state index is 4.44. The highest BCUT2D eigenvalue weighted by atomic mass is 32.1. The minimum Gasteiger partial charge on any atom is -0.378 e. The molecule has 2 heterocycles. The third-order valence-electron chi connectivity index (χ3n) is 2.40. The predicted molar refractivity (Wildman–Crippen MR) is 67.9 cm³/mol. The van der Waals surface area contributed by atoms with Crippen LogP contribution in [0.4, 0.5) is 5.69 Å². The van der Waals surface area contributed by atoms with Crippen LogP contribution in [0.3, 0.4) is 0 Å². The van der Waals surface area contributed by atoms with Crippen LogP contribution in [0.1, 0.15) is 28.5 Å². The molecule has 1 N–H and O–H groups in total. The molecule has 0 aliphatic rings. The lowest BCUT2D eigenvalue weighted by Gasteiger charge is -2.13. The summed E-state index contributed by atoms with van der Waals surface area (Å²) >= 11 is 1.75. The van der Waals surface area contributed by atoms with Crippen molar-refractivity contribution in [3.63, 3.8) is 0 Å². The van der Waals surface area contributed by atoms with Crippen LogP contribution in [-0.4, -0.2) is 9.97 Å². The lowest BCUT2D eigenvalue weighted by molar-refractivity contribution is 0.889. The summed E-state index contributed by atoms with van der Waals surface area (Å²) in [5.41, 5.74) is 2.21. The van der Waals surface area contributed by atoms with Crippen molar-refractivity contribution in [2.75, 3.05) is 5.32 Å². The van der Waals surface area contributed by atoms with Crippen LogP contribution in [0.5, 0.6) is 0 Å². The van der Waals surface area contributed by atoms with Crippen molar-refractivity contribution in [3.05, 3.63) is 40.1 Å². The summed E-state index contributed by atoms with van der Waals surface area (Å²) < 4.78 is 0. The van der Waals surface area contributed by atoms with Gasteiger partial charge in [0.15, 0.2) is 0 Å². The summed E-state index contributed by atoms with van der Waals surface area (Å²) in [6.07, 6.45) is 3.58. The number of anilines is 1. The first-order valence-corrected chi connectivity index (χ1v) is 6.09. The van der Waals surface area contributed by atoms with E-state index in [1.54, 1.807) is 23.7 Å². The van der Waals surface area contributed by atoms with Crippen LogP contribution < -0.4 is 5.32 Å². The van der Waals surface area contributed by atoms with Gasteiger partial charge < -0.3 is 5.32 Å². The molecule has 0 spiro atoms. The smallest absolute Gasteiger partial charge is 0.0900 e. The summed E-state index contributed by atoms with van der Waals surface area (Å²) in [5, 5.41) is 4.56. The third kappa shape index (κ3) is 2.39. The van der Waals surface area contributed by atoms with Crippen LogP contribution in [0.25, 0.3) is 0 Å². The van der Waals surface area contributed by atoms with Gasteiger partial charge in [0, 0.05) is 23.0 Å². The van der Waals surface area contributed by atoms with Crippen molar-refractivity contribution in [1.29, 1.82) is 0 Å². The lowest BCUT2D eigenvalue weighted by atomic mass is 10.2. The number of aryl methyl sites for hydroxylation is 2. The van der Waals surface area contributed by atoms with Crippen LogP contribution >= 0.6 is 11.3 Å². The fourth-order valence-electron chi connectivity index (χ4n) is 1.71. The van der Waals surface area contributed by atoms with Crippen LogP contribution in [-0.2, 0) is 0 Å². The molecular weight excluding hydrogens is 218 g/mol. The lowest BCUT2D eigenvalue weighted by Crippen LogP contribution is -2.06. The quantitative estimate of drug-likeness (QED) is 0.883. The average molecular weight is 233 g/mol. The Kier molecular flexibility index (Phi) is 3.19. The van der Waals surface area contributed by atoms with E-state index >= 15 is 0 Å². The summed E-state index contributed by atoms with van der Waals surface area (Å²) in [6, 6.07) is 4.23. The monoisotopic (exact) mass is 233 g/mol. The van der Waals surface area contributed by atoms with Gasteiger partial charge in [0.1, 0.15) is 0 Å². The van der Waals surface area contributed by atoms with Crippen LogP contribution in [0.2, 0.25) is 0 Å². The van der Waals surface area contributed by atoms with Gasteiger partial charge in [-0.15, -0.1) is 11.3 Å². The number of thiazole rings is 1. The van der Waals surface area contributed by atoms with Crippen molar-refractivity contribution in [2.24, 2.45) is 0 Å². The minimum absolute atomic E-state index is 0.286. The number of nitrogens with zero attached hydrogens (tertiary/aromatic N) is 2. The molecule has 0 aromatic carbocycles. The first-order valence-electron chi connectivity index (χ1n) is 5.27.